The van der Waals surface area contributed by atoms with Crippen molar-refractivity contribution in [3.05, 3.63) is 93.5 Å². The lowest BCUT2D eigenvalue weighted by Gasteiger charge is -2.07. The molecular weight excluding hydrogens is 416 g/mol. The number of benzene rings is 3. The lowest BCUT2D eigenvalue weighted by atomic mass is 10.1. The maximum atomic E-state index is 12.6. The van der Waals surface area contributed by atoms with Gasteiger partial charge in [0.1, 0.15) is 0 Å². The summed E-state index contributed by atoms with van der Waals surface area (Å²) in [6.45, 7) is 1.88. The third-order valence-corrected chi connectivity index (χ3v) is 6.20. The minimum Gasteiger partial charge on any atom is -0.285 e. The Balaban J connectivity index is 1.55. The summed E-state index contributed by atoms with van der Waals surface area (Å²) in [6, 6.07) is 22.0. The smallest absolute Gasteiger partial charge is 0.285 e. The molecular formula is C23H17ClN4OS. The van der Waals surface area contributed by atoms with E-state index >= 15 is 0 Å². The number of H-pyrrole nitrogens is 1. The van der Waals surface area contributed by atoms with E-state index in [0.29, 0.717) is 21.6 Å². The highest BCUT2D eigenvalue weighted by Gasteiger charge is 2.16. The molecule has 0 fully saturated rings. The van der Waals surface area contributed by atoms with E-state index in [1.165, 1.54) is 32.6 Å². The Kier molecular flexibility index (Phi) is 4.81. The average molecular weight is 433 g/mol. The Morgan fingerprint density at radius 3 is 2.63 bits per heavy atom. The summed E-state index contributed by atoms with van der Waals surface area (Å²) in [5.74, 6) is 0.698. The van der Waals surface area contributed by atoms with E-state index in [4.69, 9.17) is 16.6 Å². The van der Waals surface area contributed by atoms with Crippen LogP contribution in [0.5, 0.6) is 0 Å². The highest BCUT2D eigenvalue weighted by Crippen LogP contribution is 2.29. The standard InChI is InChI=1S/C23H17ClN4OS/c1-14-20(16-9-11-18(24)12-10-16)21-25-22(26-23(29)28(21)27-14)30-13-17-7-4-6-15-5-2-3-8-19(15)17/h2-12H,13H2,1H3,(H,25,26,29). The molecule has 7 heteroatoms. The second-order valence-electron chi connectivity index (χ2n) is 6.98. The first-order valence-electron chi connectivity index (χ1n) is 9.45. The van der Waals surface area contributed by atoms with E-state index in [9.17, 15) is 4.79 Å². The molecule has 5 nitrogen and oxygen atoms in total. The number of aromatic nitrogens is 4. The van der Waals surface area contributed by atoms with Crippen LogP contribution >= 0.6 is 23.4 Å². The fraction of sp³-hybridized carbons (Fsp3) is 0.0870. The second-order valence-corrected chi connectivity index (χ2v) is 8.38. The van der Waals surface area contributed by atoms with Crippen LogP contribution in [0.25, 0.3) is 27.5 Å². The number of aromatic amines is 1. The number of nitrogens with one attached hydrogen (secondary N) is 1. The van der Waals surface area contributed by atoms with Crippen molar-refractivity contribution in [1.82, 2.24) is 19.6 Å². The monoisotopic (exact) mass is 432 g/mol. The van der Waals surface area contributed by atoms with Gasteiger partial charge >= 0.3 is 5.69 Å². The van der Waals surface area contributed by atoms with Gasteiger partial charge in [0.25, 0.3) is 0 Å². The van der Waals surface area contributed by atoms with Crippen LogP contribution in [0.4, 0.5) is 0 Å². The summed E-state index contributed by atoms with van der Waals surface area (Å²) < 4.78 is 1.32. The molecule has 0 bridgehead atoms. The van der Waals surface area contributed by atoms with Crippen LogP contribution in [0.15, 0.2) is 76.7 Å². The van der Waals surface area contributed by atoms with Gasteiger partial charge in [0.15, 0.2) is 10.8 Å². The normalized spacial score (nSPS) is 11.4. The number of rotatable bonds is 4. The van der Waals surface area contributed by atoms with Crippen LogP contribution in [0.1, 0.15) is 11.3 Å². The predicted octanol–water partition coefficient (Wildman–Crippen LogP) is 5.49. The molecule has 0 aliphatic rings. The van der Waals surface area contributed by atoms with Crippen molar-refractivity contribution in [3.8, 4) is 11.1 Å². The minimum atomic E-state index is -0.302. The quantitative estimate of drug-likeness (QED) is 0.381. The number of thioether (sulfide) groups is 1. The zero-order chi connectivity index (χ0) is 20.7. The van der Waals surface area contributed by atoms with Gasteiger partial charge in [-0.15, -0.1) is 0 Å². The molecule has 0 atom stereocenters. The molecule has 5 rings (SSSR count). The highest BCUT2D eigenvalue weighted by atomic mass is 35.5. The van der Waals surface area contributed by atoms with Crippen LogP contribution < -0.4 is 5.69 Å². The Morgan fingerprint density at radius 1 is 1.03 bits per heavy atom. The van der Waals surface area contributed by atoms with Crippen LogP contribution in [-0.2, 0) is 5.75 Å². The van der Waals surface area contributed by atoms with Crippen molar-refractivity contribution in [3.63, 3.8) is 0 Å². The van der Waals surface area contributed by atoms with Gasteiger partial charge in [0.05, 0.1) is 5.69 Å². The van der Waals surface area contributed by atoms with Crippen molar-refractivity contribution < 1.29 is 0 Å². The van der Waals surface area contributed by atoms with E-state index in [1.807, 2.05) is 43.3 Å². The first-order chi connectivity index (χ1) is 14.6. The molecule has 2 aromatic heterocycles. The molecule has 3 aromatic carbocycles. The molecule has 0 saturated heterocycles. The molecule has 0 aliphatic carbocycles. The van der Waals surface area contributed by atoms with E-state index in [2.05, 4.69) is 40.4 Å². The average Bonchev–Trinajstić information content (AvgIpc) is 3.09. The number of halogens is 1. The van der Waals surface area contributed by atoms with Gasteiger partial charge in [-0.2, -0.15) is 9.61 Å². The van der Waals surface area contributed by atoms with Crippen LogP contribution in [0, 0.1) is 6.92 Å². The molecule has 5 aromatic rings. The maximum absolute atomic E-state index is 12.6. The highest BCUT2D eigenvalue weighted by molar-refractivity contribution is 7.98. The van der Waals surface area contributed by atoms with Crippen molar-refractivity contribution in [2.45, 2.75) is 17.8 Å². The van der Waals surface area contributed by atoms with E-state index < -0.39 is 0 Å². The fourth-order valence-corrected chi connectivity index (χ4v) is 4.60. The topological polar surface area (TPSA) is 63.1 Å². The molecule has 2 heterocycles. The number of hydrogen-bond acceptors (Lipinski definition) is 4. The third kappa shape index (κ3) is 3.38. The first-order valence-corrected chi connectivity index (χ1v) is 10.8. The molecule has 0 amide bonds. The molecule has 0 spiro atoms. The van der Waals surface area contributed by atoms with Crippen LogP contribution in [0.2, 0.25) is 5.02 Å². The van der Waals surface area contributed by atoms with Gasteiger partial charge in [0.2, 0.25) is 0 Å². The summed E-state index contributed by atoms with van der Waals surface area (Å²) in [5.41, 5.74) is 3.94. The summed E-state index contributed by atoms with van der Waals surface area (Å²) in [5, 5.41) is 8.01. The molecule has 30 heavy (non-hydrogen) atoms. The van der Waals surface area contributed by atoms with Crippen molar-refractivity contribution in [2.75, 3.05) is 0 Å². The Labute approximate surface area is 181 Å². The van der Waals surface area contributed by atoms with Crippen molar-refractivity contribution in [1.29, 1.82) is 0 Å². The molecule has 0 radical (unpaired) electrons. The van der Waals surface area contributed by atoms with Crippen molar-refractivity contribution >= 4 is 39.8 Å². The number of fused-ring (bicyclic) bond motifs is 2. The Bertz CT molecular complexity index is 1430. The lowest BCUT2D eigenvalue weighted by molar-refractivity contribution is 0.780. The summed E-state index contributed by atoms with van der Waals surface area (Å²) in [7, 11) is 0. The number of hydrogen-bond donors (Lipinski definition) is 1. The van der Waals surface area contributed by atoms with Gasteiger partial charge < -0.3 is 0 Å². The Hall–Kier alpha value is -3.09. The SMILES string of the molecule is Cc1nn2c(=O)[nH]c(SCc3cccc4ccccc34)nc2c1-c1ccc(Cl)cc1. The van der Waals surface area contributed by atoms with Crippen molar-refractivity contribution in [2.24, 2.45) is 0 Å². The summed E-state index contributed by atoms with van der Waals surface area (Å²) in [6.07, 6.45) is 0. The molecule has 0 saturated carbocycles. The first kappa shape index (κ1) is 18.9. The fourth-order valence-electron chi connectivity index (χ4n) is 3.62. The van der Waals surface area contributed by atoms with Crippen LogP contribution in [0.3, 0.4) is 0 Å². The lowest BCUT2D eigenvalue weighted by Crippen LogP contribution is -2.19. The maximum Gasteiger partial charge on any atom is 0.350 e. The summed E-state index contributed by atoms with van der Waals surface area (Å²) >= 11 is 7.53. The van der Waals surface area contributed by atoms with E-state index in [-0.39, 0.29) is 5.69 Å². The predicted molar refractivity (Wildman–Crippen MR) is 122 cm³/mol. The van der Waals surface area contributed by atoms with Gasteiger partial charge in [-0.3, -0.25) is 4.98 Å². The molecule has 1 N–H and O–H groups in total. The Morgan fingerprint density at radius 2 is 1.80 bits per heavy atom. The third-order valence-electron chi connectivity index (χ3n) is 5.03. The van der Waals surface area contributed by atoms with Crippen LogP contribution in [-0.4, -0.2) is 19.6 Å². The van der Waals surface area contributed by atoms with Gasteiger partial charge in [-0.25, -0.2) is 9.78 Å². The van der Waals surface area contributed by atoms with Gasteiger partial charge in [-0.1, -0.05) is 78.0 Å². The summed E-state index contributed by atoms with van der Waals surface area (Å²) in [4.78, 5) is 20.2. The minimum absolute atomic E-state index is 0.302. The van der Waals surface area contributed by atoms with Gasteiger partial charge in [0, 0.05) is 16.3 Å². The molecule has 148 valence electrons. The second kappa shape index (κ2) is 7.63. The zero-order valence-corrected chi connectivity index (χ0v) is 17.7. The zero-order valence-electron chi connectivity index (χ0n) is 16.1. The largest absolute Gasteiger partial charge is 0.350 e. The van der Waals surface area contributed by atoms with E-state index in [0.717, 1.165) is 16.8 Å². The number of aryl methyl sites for hydroxylation is 1. The van der Waals surface area contributed by atoms with E-state index in [1.54, 1.807) is 0 Å². The van der Waals surface area contributed by atoms with Gasteiger partial charge in [-0.05, 0) is 41.0 Å². The number of nitrogens with zero attached hydrogens (tertiary/aromatic N) is 3. The molecule has 0 unspecified atom stereocenters. The molecule has 0 aliphatic heterocycles.